The minimum Gasteiger partial charge on any atom is -0.394 e. The Hall–Kier alpha value is -0.890. The van der Waals surface area contributed by atoms with Gasteiger partial charge < -0.3 is 50.2 Å². The van der Waals surface area contributed by atoms with Gasteiger partial charge in [0.1, 0.15) is 42.7 Å². The number of hydrogen-bond donors (Lipinski definition) is 7. The maximum atomic E-state index is 11.2. The minimum absolute atomic E-state index is 0.0550. The van der Waals surface area contributed by atoms with Crippen LogP contribution in [0.5, 0.6) is 0 Å². The van der Waals surface area contributed by atoms with Crippen molar-refractivity contribution in [2.45, 2.75) is 62.0 Å². The zero-order chi connectivity index (χ0) is 18.7. The second kappa shape index (κ2) is 8.66. The molecule has 2 aliphatic heterocycles. The lowest BCUT2D eigenvalue weighted by atomic mass is 9.96. The van der Waals surface area contributed by atoms with Crippen LogP contribution in [0.15, 0.2) is 0 Å². The number of rotatable bonds is 5. The molecular weight excluding hydrogens is 342 g/mol. The molecule has 25 heavy (non-hydrogen) atoms. The Morgan fingerprint density at radius 2 is 1.68 bits per heavy atom. The largest absolute Gasteiger partial charge is 0.394 e. The summed E-state index contributed by atoms with van der Waals surface area (Å²) in [4.78, 5) is 11.2. The van der Waals surface area contributed by atoms with E-state index in [1.807, 2.05) is 0 Å². The molecule has 2 saturated heterocycles. The summed E-state index contributed by atoms with van der Waals surface area (Å²) < 4.78 is 16.1. The molecule has 11 heteroatoms. The van der Waals surface area contributed by atoms with Gasteiger partial charge in [-0.05, 0) is 0 Å². The fourth-order valence-electron chi connectivity index (χ4n) is 2.92. The van der Waals surface area contributed by atoms with Crippen molar-refractivity contribution in [3.8, 4) is 0 Å². The van der Waals surface area contributed by atoms with Gasteiger partial charge in [0.05, 0.1) is 25.9 Å². The van der Waals surface area contributed by atoms with E-state index in [1.165, 1.54) is 6.92 Å². The van der Waals surface area contributed by atoms with Crippen LogP contribution in [0.3, 0.4) is 0 Å². The Balaban J connectivity index is 2.12. The molecule has 0 bridgehead atoms. The van der Waals surface area contributed by atoms with Crippen LogP contribution in [-0.4, -0.2) is 111 Å². The smallest absolute Gasteiger partial charge is 0.217 e. The number of nitrogens with one attached hydrogen (secondary N) is 1. The molecule has 7 N–H and O–H groups in total. The number of aliphatic hydroxyl groups excluding tert-OH is 6. The lowest BCUT2D eigenvalue weighted by Crippen LogP contribution is -2.64. The number of amides is 1. The molecule has 1 amide bonds. The van der Waals surface area contributed by atoms with Crippen molar-refractivity contribution in [2.75, 3.05) is 19.8 Å². The molecule has 9 atom stereocenters. The van der Waals surface area contributed by atoms with Gasteiger partial charge in [0.15, 0.2) is 6.29 Å². The normalized spacial score (nSPS) is 45.2. The molecule has 2 fully saturated rings. The predicted octanol–water partition coefficient (Wildman–Crippen LogP) is -4.57. The highest BCUT2D eigenvalue weighted by Crippen LogP contribution is 2.27. The molecule has 2 aliphatic rings. The van der Waals surface area contributed by atoms with Gasteiger partial charge in [-0.25, -0.2) is 0 Å². The van der Waals surface area contributed by atoms with E-state index < -0.39 is 74.2 Å². The predicted molar refractivity (Wildman–Crippen MR) is 79.1 cm³/mol. The Bertz CT molecular complexity index is 449. The van der Waals surface area contributed by atoms with Crippen LogP contribution >= 0.6 is 0 Å². The Morgan fingerprint density at radius 1 is 1.04 bits per heavy atom. The van der Waals surface area contributed by atoms with Gasteiger partial charge in [-0.15, -0.1) is 0 Å². The van der Waals surface area contributed by atoms with E-state index >= 15 is 0 Å². The van der Waals surface area contributed by atoms with Crippen molar-refractivity contribution in [1.82, 2.24) is 5.32 Å². The Labute approximate surface area is 143 Å². The van der Waals surface area contributed by atoms with E-state index in [9.17, 15) is 35.4 Å². The van der Waals surface area contributed by atoms with Crippen LogP contribution in [-0.2, 0) is 19.0 Å². The van der Waals surface area contributed by atoms with Crippen molar-refractivity contribution < 1.29 is 49.6 Å². The Kier molecular flexibility index (Phi) is 7.08. The van der Waals surface area contributed by atoms with Gasteiger partial charge in [0, 0.05) is 6.92 Å². The van der Waals surface area contributed by atoms with Crippen LogP contribution in [0.25, 0.3) is 0 Å². The first-order chi connectivity index (χ1) is 11.8. The summed E-state index contributed by atoms with van der Waals surface area (Å²) in [6.45, 7) is 0.0667. The Morgan fingerprint density at radius 3 is 2.24 bits per heavy atom. The topological polar surface area (TPSA) is 178 Å². The lowest BCUT2D eigenvalue weighted by molar-refractivity contribution is -0.332. The first-order valence-corrected chi connectivity index (χ1v) is 7.93. The molecule has 2 rings (SSSR count). The summed E-state index contributed by atoms with van der Waals surface area (Å²) in [6, 6.07) is -0.810. The zero-order valence-electron chi connectivity index (χ0n) is 13.6. The monoisotopic (exact) mass is 367 g/mol. The van der Waals surface area contributed by atoms with E-state index in [0.717, 1.165) is 0 Å². The van der Waals surface area contributed by atoms with Crippen LogP contribution in [0, 0.1) is 0 Å². The average molecular weight is 367 g/mol. The number of hydrogen-bond acceptors (Lipinski definition) is 10. The average Bonchev–Trinajstić information content (AvgIpc) is 2.58. The number of ether oxygens (including phenoxy) is 3. The SMILES string of the molecule is CC(=O)NC1COC(CO)[C@@H](O[C@@H]2OC(CO)[C@H](O)C(O)[C@@H]2O)[C@@H]1O. The molecule has 0 aromatic rings. The molecule has 0 aromatic heterocycles. The van der Waals surface area contributed by atoms with Crippen LogP contribution in [0.1, 0.15) is 6.92 Å². The molecule has 0 aliphatic carbocycles. The minimum atomic E-state index is -1.66. The van der Waals surface area contributed by atoms with Crippen molar-refractivity contribution in [1.29, 1.82) is 0 Å². The standard InChI is InChI=1S/C14H25NO10/c1-5(18)15-6-4-23-8(3-17)13(9(6)19)25-14-12(22)11(21)10(20)7(2-16)24-14/h6-14,16-17,19-22H,2-4H2,1H3,(H,15,18)/t6?,7?,8?,9-,10+,11?,12+,13-,14+/m1/s1. The molecule has 0 spiro atoms. The molecule has 0 aromatic carbocycles. The number of carbonyl (C=O) groups is 1. The van der Waals surface area contributed by atoms with E-state index in [0.29, 0.717) is 0 Å². The van der Waals surface area contributed by atoms with Crippen molar-refractivity contribution in [3.05, 3.63) is 0 Å². The fraction of sp³-hybridized carbons (Fsp3) is 0.929. The summed E-state index contributed by atoms with van der Waals surface area (Å²) in [5.74, 6) is -0.401. The third-order valence-electron chi connectivity index (χ3n) is 4.31. The third-order valence-corrected chi connectivity index (χ3v) is 4.31. The zero-order valence-corrected chi connectivity index (χ0v) is 13.6. The van der Waals surface area contributed by atoms with Crippen molar-refractivity contribution in [3.63, 3.8) is 0 Å². The fourth-order valence-corrected chi connectivity index (χ4v) is 2.92. The van der Waals surface area contributed by atoms with Gasteiger partial charge in [-0.1, -0.05) is 0 Å². The lowest BCUT2D eigenvalue weighted by Gasteiger charge is -2.45. The number of aliphatic hydroxyl groups is 6. The van der Waals surface area contributed by atoms with Crippen LogP contribution in [0.4, 0.5) is 0 Å². The van der Waals surface area contributed by atoms with Gasteiger partial charge in [-0.2, -0.15) is 0 Å². The summed E-state index contributed by atoms with van der Waals surface area (Å²) in [7, 11) is 0. The molecular formula is C14H25NO10. The van der Waals surface area contributed by atoms with E-state index in [2.05, 4.69) is 5.32 Å². The summed E-state index contributed by atoms with van der Waals surface area (Å²) in [6.07, 6.45) is -11.0. The summed E-state index contributed by atoms with van der Waals surface area (Å²) in [5, 5.41) is 61.0. The van der Waals surface area contributed by atoms with E-state index in [-0.39, 0.29) is 6.61 Å². The molecule has 146 valence electrons. The maximum absolute atomic E-state index is 11.2. The van der Waals surface area contributed by atoms with Crippen molar-refractivity contribution >= 4 is 5.91 Å². The van der Waals surface area contributed by atoms with E-state index in [1.54, 1.807) is 0 Å². The third kappa shape index (κ3) is 4.45. The highest BCUT2D eigenvalue weighted by molar-refractivity contribution is 5.73. The molecule has 11 nitrogen and oxygen atoms in total. The first kappa shape index (κ1) is 20.4. The van der Waals surface area contributed by atoms with Gasteiger partial charge in [-0.3, -0.25) is 4.79 Å². The second-order valence-electron chi connectivity index (χ2n) is 6.15. The highest BCUT2D eigenvalue weighted by atomic mass is 16.7. The maximum Gasteiger partial charge on any atom is 0.217 e. The van der Waals surface area contributed by atoms with Gasteiger partial charge >= 0.3 is 0 Å². The molecule has 2 heterocycles. The van der Waals surface area contributed by atoms with E-state index in [4.69, 9.17) is 14.2 Å². The van der Waals surface area contributed by atoms with Gasteiger partial charge in [0.2, 0.25) is 5.91 Å². The molecule has 4 unspecified atom stereocenters. The van der Waals surface area contributed by atoms with Crippen LogP contribution in [0.2, 0.25) is 0 Å². The molecule has 0 radical (unpaired) electrons. The van der Waals surface area contributed by atoms with Crippen LogP contribution < -0.4 is 5.32 Å². The van der Waals surface area contributed by atoms with Crippen molar-refractivity contribution in [2.24, 2.45) is 0 Å². The molecule has 0 saturated carbocycles. The first-order valence-electron chi connectivity index (χ1n) is 7.93. The number of carbonyl (C=O) groups excluding carboxylic acids is 1. The highest BCUT2D eigenvalue weighted by Gasteiger charge is 2.48. The quantitative estimate of drug-likeness (QED) is 0.250. The second-order valence-corrected chi connectivity index (χ2v) is 6.15. The summed E-state index contributed by atoms with van der Waals surface area (Å²) >= 11 is 0. The summed E-state index contributed by atoms with van der Waals surface area (Å²) in [5.41, 5.74) is 0. The van der Waals surface area contributed by atoms with Gasteiger partial charge in [0.25, 0.3) is 0 Å².